The summed E-state index contributed by atoms with van der Waals surface area (Å²) in [5, 5.41) is 6.03. The Balaban J connectivity index is 5.33. The van der Waals surface area contributed by atoms with E-state index >= 15 is 0 Å². The molecule has 5 heteroatoms. The number of nitrogens with one attached hydrogen (secondary N) is 2. The fourth-order valence-corrected chi connectivity index (χ4v) is 2.46. The lowest BCUT2D eigenvalue weighted by Crippen LogP contribution is -2.59. The number of carbonyl (C=O) groups is 2. The summed E-state index contributed by atoms with van der Waals surface area (Å²) >= 11 is 0. The van der Waals surface area contributed by atoms with E-state index in [0.717, 1.165) is 5.57 Å². The molecule has 24 heavy (non-hydrogen) atoms. The van der Waals surface area contributed by atoms with Gasteiger partial charge in [-0.25, -0.2) is 0 Å². The van der Waals surface area contributed by atoms with Crippen LogP contribution in [0.1, 0.15) is 55.4 Å². The van der Waals surface area contributed by atoms with Crippen LogP contribution in [0.25, 0.3) is 0 Å². The lowest BCUT2D eigenvalue weighted by molar-refractivity contribution is -0.139. The summed E-state index contributed by atoms with van der Waals surface area (Å²) < 4.78 is 0. The molecule has 2 amide bonds. The van der Waals surface area contributed by atoms with Crippen molar-refractivity contribution in [1.82, 2.24) is 15.5 Å². The molecule has 2 N–H and O–H groups in total. The summed E-state index contributed by atoms with van der Waals surface area (Å²) in [5.74, 6) is -0.217. The quantitative estimate of drug-likeness (QED) is 0.731. The molecule has 0 bridgehead atoms. The molecule has 0 aromatic heterocycles. The highest BCUT2D eigenvalue weighted by Crippen LogP contribution is 2.23. The Kier molecular flexibility index (Phi) is 8.16. The van der Waals surface area contributed by atoms with Gasteiger partial charge in [0.2, 0.25) is 11.8 Å². The van der Waals surface area contributed by atoms with Gasteiger partial charge >= 0.3 is 0 Å². The minimum absolute atomic E-state index is 0.0721. The highest BCUT2D eigenvalue weighted by atomic mass is 16.2. The summed E-state index contributed by atoms with van der Waals surface area (Å²) in [6.45, 7) is 16.5. The highest BCUT2D eigenvalue weighted by molar-refractivity contribution is 5.90. The fraction of sp³-hybridized carbons (Fsp3) is 0.789. The van der Waals surface area contributed by atoms with E-state index < -0.39 is 6.04 Å². The van der Waals surface area contributed by atoms with Gasteiger partial charge in [-0.2, -0.15) is 0 Å². The molecule has 0 fully saturated rings. The van der Waals surface area contributed by atoms with Crippen LogP contribution in [0.5, 0.6) is 0 Å². The maximum absolute atomic E-state index is 12.9. The van der Waals surface area contributed by atoms with Crippen LogP contribution in [-0.4, -0.2) is 49.4 Å². The van der Waals surface area contributed by atoms with Gasteiger partial charge in [-0.05, 0) is 31.7 Å². The molecule has 2 atom stereocenters. The maximum Gasteiger partial charge on any atom is 0.245 e. The van der Waals surface area contributed by atoms with Crippen molar-refractivity contribution in [3.05, 3.63) is 11.6 Å². The molecule has 0 unspecified atom stereocenters. The van der Waals surface area contributed by atoms with Crippen molar-refractivity contribution >= 4 is 11.8 Å². The van der Waals surface area contributed by atoms with Gasteiger partial charge in [0.15, 0.2) is 0 Å². The SMILES string of the molecule is CN[C@@H](C(=O)N[C@H](C(=O)N(C)CC=C(C)C)C(C)(C)C)C(C)(C)C. The van der Waals surface area contributed by atoms with E-state index in [9.17, 15) is 9.59 Å². The van der Waals surface area contributed by atoms with E-state index in [1.807, 2.05) is 61.5 Å². The number of carbonyl (C=O) groups excluding carboxylic acids is 2. The third-order valence-electron chi connectivity index (χ3n) is 3.97. The second-order valence-electron chi connectivity index (χ2n) is 8.90. The first-order valence-electron chi connectivity index (χ1n) is 8.57. The topological polar surface area (TPSA) is 61.4 Å². The molecular formula is C19H37N3O2. The minimum atomic E-state index is -0.571. The summed E-state index contributed by atoms with van der Waals surface area (Å²) in [5.41, 5.74) is 0.550. The molecule has 0 saturated heterocycles. The largest absolute Gasteiger partial charge is 0.342 e. The lowest BCUT2D eigenvalue weighted by atomic mass is 9.83. The third-order valence-corrected chi connectivity index (χ3v) is 3.97. The van der Waals surface area contributed by atoms with Gasteiger partial charge in [-0.3, -0.25) is 9.59 Å². The molecule has 0 aliphatic rings. The average Bonchev–Trinajstić information content (AvgIpc) is 2.39. The lowest BCUT2D eigenvalue weighted by Gasteiger charge is -2.36. The van der Waals surface area contributed by atoms with Gasteiger partial charge in [-0.1, -0.05) is 53.2 Å². The number of rotatable bonds is 6. The van der Waals surface area contributed by atoms with Gasteiger partial charge in [-0.15, -0.1) is 0 Å². The number of nitrogens with zero attached hydrogens (tertiary/aromatic N) is 1. The number of hydrogen-bond acceptors (Lipinski definition) is 3. The number of hydrogen-bond donors (Lipinski definition) is 2. The Morgan fingerprint density at radius 2 is 1.46 bits per heavy atom. The second-order valence-corrected chi connectivity index (χ2v) is 8.90. The van der Waals surface area contributed by atoms with Crippen LogP contribution in [0.15, 0.2) is 11.6 Å². The van der Waals surface area contributed by atoms with Gasteiger partial charge in [0.05, 0.1) is 6.04 Å². The number of amides is 2. The van der Waals surface area contributed by atoms with Crippen LogP contribution in [0.3, 0.4) is 0 Å². The molecular weight excluding hydrogens is 302 g/mol. The molecule has 0 heterocycles. The predicted octanol–water partition coefficient (Wildman–Crippen LogP) is 2.58. The first kappa shape index (κ1) is 22.6. The molecule has 140 valence electrons. The zero-order valence-corrected chi connectivity index (χ0v) is 17.2. The Morgan fingerprint density at radius 3 is 1.79 bits per heavy atom. The van der Waals surface area contributed by atoms with Crippen LogP contribution in [0.4, 0.5) is 0 Å². The monoisotopic (exact) mass is 339 g/mol. The molecule has 0 spiro atoms. The van der Waals surface area contributed by atoms with Gasteiger partial charge in [0.25, 0.3) is 0 Å². The van der Waals surface area contributed by atoms with Gasteiger partial charge in [0, 0.05) is 13.6 Å². The Labute approximate surface area is 148 Å². The highest BCUT2D eigenvalue weighted by Gasteiger charge is 2.38. The molecule has 5 nitrogen and oxygen atoms in total. The number of allylic oxidation sites excluding steroid dienone is 1. The first-order valence-corrected chi connectivity index (χ1v) is 8.57. The third kappa shape index (κ3) is 7.04. The van der Waals surface area contributed by atoms with Gasteiger partial charge < -0.3 is 15.5 Å². The van der Waals surface area contributed by atoms with Crippen LogP contribution in [0, 0.1) is 10.8 Å². The Hall–Kier alpha value is -1.36. The minimum Gasteiger partial charge on any atom is -0.342 e. The summed E-state index contributed by atoms with van der Waals surface area (Å²) in [7, 11) is 3.54. The van der Waals surface area contributed by atoms with Crippen LogP contribution in [0.2, 0.25) is 0 Å². The van der Waals surface area contributed by atoms with E-state index in [4.69, 9.17) is 0 Å². The Morgan fingerprint density at radius 1 is 1.00 bits per heavy atom. The molecule has 0 rings (SSSR count). The Bertz CT molecular complexity index is 466. The van der Waals surface area contributed by atoms with Gasteiger partial charge in [0.1, 0.15) is 6.04 Å². The smallest absolute Gasteiger partial charge is 0.245 e. The van der Waals surface area contributed by atoms with Crippen molar-refractivity contribution in [2.24, 2.45) is 10.8 Å². The normalized spacial score (nSPS) is 14.6. The molecule has 0 saturated carbocycles. The van der Waals surface area contributed by atoms with Crippen LogP contribution < -0.4 is 10.6 Å². The zero-order chi connectivity index (χ0) is 19.3. The van der Waals surface area contributed by atoms with Crippen molar-refractivity contribution in [2.75, 3.05) is 20.6 Å². The second kappa shape index (κ2) is 8.65. The van der Waals surface area contributed by atoms with Crippen molar-refractivity contribution in [3.63, 3.8) is 0 Å². The van der Waals surface area contributed by atoms with E-state index in [1.54, 1.807) is 19.0 Å². The van der Waals surface area contributed by atoms with Crippen molar-refractivity contribution < 1.29 is 9.59 Å². The molecule has 0 aliphatic heterocycles. The summed E-state index contributed by atoms with van der Waals surface area (Å²) in [4.78, 5) is 27.2. The fourth-order valence-electron chi connectivity index (χ4n) is 2.46. The van der Waals surface area contributed by atoms with E-state index in [2.05, 4.69) is 10.6 Å². The maximum atomic E-state index is 12.9. The number of likely N-dealkylation sites (N-methyl/N-ethyl adjacent to an activating group) is 2. The summed E-state index contributed by atoms with van der Waals surface area (Å²) in [6.07, 6.45) is 2.00. The molecule has 0 radical (unpaired) electrons. The van der Waals surface area contributed by atoms with E-state index in [1.165, 1.54) is 0 Å². The molecule has 0 aliphatic carbocycles. The zero-order valence-electron chi connectivity index (χ0n) is 17.2. The van der Waals surface area contributed by atoms with Crippen molar-refractivity contribution in [2.45, 2.75) is 67.5 Å². The van der Waals surface area contributed by atoms with Crippen molar-refractivity contribution in [1.29, 1.82) is 0 Å². The standard InChI is InChI=1S/C19H37N3O2/c1-13(2)11-12-22(10)17(24)15(19(6,7)8)21-16(23)14(20-9)18(3,4)5/h11,14-15,20H,12H2,1-10H3,(H,21,23)/t14-,15+/m0/s1. The van der Waals surface area contributed by atoms with E-state index in [0.29, 0.717) is 6.54 Å². The molecule has 0 aromatic rings. The van der Waals surface area contributed by atoms with Crippen LogP contribution in [-0.2, 0) is 9.59 Å². The average molecular weight is 340 g/mol. The van der Waals surface area contributed by atoms with Crippen LogP contribution >= 0.6 is 0 Å². The van der Waals surface area contributed by atoms with E-state index in [-0.39, 0.29) is 28.7 Å². The predicted molar refractivity (Wildman–Crippen MR) is 101 cm³/mol. The molecule has 0 aromatic carbocycles. The summed E-state index contributed by atoms with van der Waals surface area (Å²) in [6, 6.07) is -0.933. The van der Waals surface area contributed by atoms with Crippen molar-refractivity contribution in [3.8, 4) is 0 Å². The first-order chi connectivity index (χ1) is 10.7.